The largest absolute Gasteiger partial charge is 0.353 e. The van der Waals surface area contributed by atoms with Gasteiger partial charge in [0.2, 0.25) is 5.91 Å². The molecule has 2 N–H and O–H groups in total. The maximum Gasteiger partial charge on any atom is 0.237 e. The number of hydrogen-bond acceptors (Lipinski definition) is 5. The molecule has 2 aliphatic rings. The maximum absolute atomic E-state index is 12.3. The van der Waals surface area contributed by atoms with E-state index in [-0.39, 0.29) is 11.9 Å². The Labute approximate surface area is 122 Å². The third kappa shape index (κ3) is 4.15. The second-order valence-electron chi connectivity index (χ2n) is 6.10. The maximum atomic E-state index is 12.3. The van der Waals surface area contributed by atoms with Crippen LogP contribution in [0.25, 0.3) is 0 Å². The van der Waals surface area contributed by atoms with E-state index in [4.69, 9.17) is 0 Å². The smallest absolute Gasteiger partial charge is 0.237 e. The molecular weight excluding hydrogens is 254 g/mol. The van der Waals surface area contributed by atoms with Crippen molar-refractivity contribution in [2.45, 2.75) is 19.0 Å². The van der Waals surface area contributed by atoms with E-state index < -0.39 is 0 Å². The van der Waals surface area contributed by atoms with Gasteiger partial charge in [-0.25, -0.2) is 0 Å². The van der Waals surface area contributed by atoms with Gasteiger partial charge in [0.1, 0.15) is 0 Å². The van der Waals surface area contributed by atoms with Crippen molar-refractivity contribution < 1.29 is 4.79 Å². The fraction of sp³-hybridized carbons (Fsp3) is 0.929. The van der Waals surface area contributed by atoms with Gasteiger partial charge in [0, 0.05) is 58.4 Å². The van der Waals surface area contributed by atoms with Crippen LogP contribution in [0, 0.1) is 0 Å². The minimum Gasteiger partial charge on any atom is -0.353 e. The van der Waals surface area contributed by atoms with Gasteiger partial charge in [-0.1, -0.05) is 0 Å². The number of amides is 1. The van der Waals surface area contributed by atoms with E-state index in [2.05, 4.69) is 39.4 Å². The number of carbonyl (C=O) groups is 1. The van der Waals surface area contributed by atoms with Crippen LogP contribution in [0.1, 0.15) is 6.92 Å². The van der Waals surface area contributed by atoms with Gasteiger partial charge in [-0.3, -0.25) is 14.6 Å². The molecule has 0 spiro atoms. The van der Waals surface area contributed by atoms with Crippen LogP contribution in [0.4, 0.5) is 0 Å². The summed E-state index contributed by atoms with van der Waals surface area (Å²) in [7, 11) is 4.29. The Morgan fingerprint density at radius 1 is 1.25 bits per heavy atom. The average Bonchev–Trinajstić information content (AvgIpc) is 2.48. The van der Waals surface area contributed by atoms with Crippen molar-refractivity contribution in [1.29, 1.82) is 0 Å². The topological polar surface area (TPSA) is 50.9 Å². The molecule has 1 amide bonds. The predicted octanol–water partition coefficient (Wildman–Crippen LogP) is -1.36. The summed E-state index contributed by atoms with van der Waals surface area (Å²) >= 11 is 0. The van der Waals surface area contributed by atoms with Gasteiger partial charge in [0.25, 0.3) is 0 Å². The number of piperazine rings is 2. The van der Waals surface area contributed by atoms with Crippen LogP contribution in [0.5, 0.6) is 0 Å². The van der Waals surface area contributed by atoms with Crippen LogP contribution < -0.4 is 10.6 Å². The van der Waals surface area contributed by atoms with E-state index in [9.17, 15) is 4.79 Å². The first-order chi connectivity index (χ1) is 9.58. The Balaban J connectivity index is 1.75. The summed E-state index contributed by atoms with van der Waals surface area (Å²) in [6.07, 6.45) is 0. The fourth-order valence-corrected chi connectivity index (χ4v) is 2.92. The van der Waals surface area contributed by atoms with Crippen LogP contribution in [-0.2, 0) is 4.79 Å². The van der Waals surface area contributed by atoms with Crippen LogP contribution in [0.15, 0.2) is 0 Å². The third-order valence-corrected chi connectivity index (χ3v) is 4.57. The first-order valence-electron chi connectivity index (χ1n) is 7.69. The molecule has 0 aromatic heterocycles. The van der Waals surface area contributed by atoms with Gasteiger partial charge in [-0.2, -0.15) is 0 Å². The third-order valence-electron chi connectivity index (χ3n) is 4.57. The molecule has 2 rings (SSSR count). The second kappa shape index (κ2) is 7.36. The zero-order valence-electron chi connectivity index (χ0n) is 13.1. The van der Waals surface area contributed by atoms with Crippen molar-refractivity contribution in [1.82, 2.24) is 25.3 Å². The predicted molar refractivity (Wildman–Crippen MR) is 80.8 cm³/mol. The highest BCUT2D eigenvalue weighted by atomic mass is 16.2. The van der Waals surface area contributed by atoms with Crippen LogP contribution in [0.3, 0.4) is 0 Å². The first-order valence-corrected chi connectivity index (χ1v) is 7.69. The number of nitrogens with one attached hydrogen (secondary N) is 2. The molecule has 2 aliphatic heterocycles. The van der Waals surface area contributed by atoms with Crippen molar-refractivity contribution in [3.8, 4) is 0 Å². The highest BCUT2D eigenvalue weighted by molar-refractivity contribution is 5.81. The quantitative estimate of drug-likeness (QED) is 0.668. The average molecular weight is 283 g/mol. The molecule has 0 aromatic rings. The zero-order chi connectivity index (χ0) is 14.5. The van der Waals surface area contributed by atoms with Gasteiger partial charge in [0.15, 0.2) is 0 Å². The van der Waals surface area contributed by atoms with Gasteiger partial charge in [-0.05, 0) is 21.0 Å². The lowest BCUT2D eigenvalue weighted by atomic mass is 10.1. The summed E-state index contributed by atoms with van der Waals surface area (Å²) in [5.74, 6) is 0.161. The molecule has 0 aliphatic carbocycles. The van der Waals surface area contributed by atoms with E-state index in [1.807, 2.05) is 6.92 Å². The summed E-state index contributed by atoms with van der Waals surface area (Å²) in [5.41, 5.74) is 0. The van der Waals surface area contributed by atoms with E-state index in [1.54, 1.807) is 0 Å². The highest BCUT2D eigenvalue weighted by Crippen LogP contribution is 2.06. The Bertz CT molecular complexity index is 319. The number of nitrogens with zero attached hydrogens (tertiary/aromatic N) is 3. The molecule has 2 fully saturated rings. The monoisotopic (exact) mass is 283 g/mol. The zero-order valence-corrected chi connectivity index (χ0v) is 13.1. The summed E-state index contributed by atoms with van der Waals surface area (Å²) in [6.45, 7) is 9.84. The van der Waals surface area contributed by atoms with Gasteiger partial charge >= 0.3 is 0 Å². The van der Waals surface area contributed by atoms with Crippen molar-refractivity contribution in [3.05, 3.63) is 0 Å². The fourth-order valence-electron chi connectivity index (χ4n) is 2.92. The van der Waals surface area contributed by atoms with Gasteiger partial charge in [0.05, 0.1) is 6.04 Å². The van der Waals surface area contributed by atoms with Crippen molar-refractivity contribution in [2.75, 3.05) is 66.5 Å². The Hall–Kier alpha value is -0.690. The lowest BCUT2D eigenvalue weighted by molar-refractivity contribution is -0.126. The first kappa shape index (κ1) is 15.7. The molecule has 0 radical (unpaired) electrons. The van der Waals surface area contributed by atoms with E-state index >= 15 is 0 Å². The summed E-state index contributed by atoms with van der Waals surface area (Å²) in [6, 6.07) is 0.400. The molecule has 2 unspecified atom stereocenters. The molecule has 0 saturated carbocycles. The van der Waals surface area contributed by atoms with Crippen LogP contribution >= 0.6 is 0 Å². The molecule has 116 valence electrons. The minimum atomic E-state index is -0.0243. The number of carbonyl (C=O) groups excluding carboxylic acids is 1. The normalized spacial score (nSPS) is 28.2. The lowest BCUT2D eigenvalue weighted by Crippen LogP contribution is -2.57. The van der Waals surface area contributed by atoms with E-state index in [0.29, 0.717) is 6.04 Å². The molecule has 2 saturated heterocycles. The van der Waals surface area contributed by atoms with Crippen LogP contribution in [0.2, 0.25) is 0 Å². The Morgan fingerprint density at radius 2 is 1.95 bits per heavy atom. The highest BCUT2D eigenvalue weighted by Gasteiger charge is 2.25. The SMILES string of the molecule is CC(C(=O)NCC1CN(C)CCN1C)N1CCNCC1. The Morgan fingerprint density at radius 3 is 2.65 bits per heavy atom. The summed E-state index contributed by atoms with van der Waals surface area (Å²) in [5, 5.41) is 6.45. The van der Waals surface area contributed by atoms with Gasteiger partial charge in [-0.15, -0.1) is 0 Å². The Kier molecular flexibility index (Phi) is 5.77. The standard InChI is InChI=1S/C14H29N5O/c1-12(19-6-4-15-5-7-19)14(20)16-10-13-11-17(2)8-9-18(13)3/h12-13,15H,4-11H2,1-3H3,(H,16,20). The van der Waals surface area contributed by atoms with Gasteiger partial charge < -0.3 is 15.5 Å². The minimum absolute atomic E-state index is 0.0243. The molecule has 6 nitrogen and oxygen atoms in total. The summed E-state index contributed by atoms with van der Waals surface area (Å²) < 4.78 is 0. The molecule has 20 heavy (non-hydrogen) atoms. The van der Waals surface area contributed by atoms with Crippen LogP contribution in [-0.4, -0.2) is 99.1 Å². The van der Waals surface area contributed by atoms with Crippen molar-refractivity contribution in [3.63, 3.8) is 0 Å². The molecule has 2 atom stereocenters. The molecule has 6 heteroatoms. The summed E-state index contributed by atoms with van der Waals surface area (Å²) in [4.78, 5) is 19.2. The molecular formula is C14H29N5O. The second-order valence-corrected chi connectivity index (χ2v) is 6.10. The number of hydrogen-bond donors (Lipinski definition) is 2. The number of rotatable bonds is 4. The number of likely N-dealkylation sites (N-methyl/N-ethyl adjacent to an activating group) is 2. The van der Waals surface area contributed by atoms with Crippen molar-refractivity contribution >= 4 is 5.91 Å². The molecule has 2 heterocycles. The van der Waals surface area contributed by atoms with Crippen molar-refractivity contribution in [2.24, 2.45) is 0 Å². The van der Waals surface area contributed by atoms with E-state index in [1.165, 1.54) is 0 Å². The molecule has 0 aromatic carbocycles. The van der Waals surface area contributed by atoms with E-state index in [0.717, 1.165) is 52.4 Å². The lowest BCUT2D eigenvalue weighted by Gasteiger charge is -2.38. The molecule has 0 bridgehead atoms.